The highest BCUT2D eigenvalue weighted by Crippen LogP contribution is 2.34. The summed E-state index contributed by atoms with van der Waals surface area (Å²) in [7, 11) is 3.06. The van der Waals surface area contributed by atoms with E-state index in [1.807, 2.05) is 30.3 Å². The molecular weight excluding hydrogens is 386 g/mol. The van der Waals surface area contributed by atoms with E-state index in [2.05, 4.69) is 10.6 Å². The van der Waals surface area contributed by atoms with Gasteiger partial charge in [0, 0.05) is 31.3 Å². The third kappa shape index (κ3) is 5.08. The SMILES string of the molecule is COc1ccc(N2CC(C(=O)NCC(=O)NCc3ccccc3)CC2=O)cc1OC. The highest BCUT2D eigenvalue weighted by atomic mass is 16.5. The molecule has 1 saturated heterocycles. The van der Waals surface area contributed by atoms with Crippen LogP contribution in [0.3, 0.4) is 0 Å². The number of anilines is 1. The van der Waals surface area contributed by atoms with E-state index >= 15 is 0 Å². The monoisotopic (exact) mass is 411 g/mol. The number of amides is 3. The lowest BCUT2D eigenvalue weighted by Gasteiger charge is -2.18. The zero-order chi connectivity index (χ0) is 21.5. The van der Waals surface area contributed by atoms with Gasteiger partial charge in [-0.3, -0.25) is 14.4 Å². The highest BCUT2D eigenvalue weighted by molar-refractivity contribution is 6.01. The molecule has 1 heterocycles. The van der Waals surface area contributed by atoms with Crippen molar-refractivity contribution in [3.63, 3.8) is 0 Å². The van der Waals surface area contributed by atoms with Crippen molar-refractivity contribution in [3.8, 4) is 11.5 Å². The Balaban J connectivity index is 1.51. The Morgan fingerprint density at radius 1 is 1.03 bits per heavy atom. The number of carbonyl (C=O) groups is 3. The zero-order valence-electron chi connectivity index (χ0n) is 17.0. The molecule has 1 unspecified atom stereocenters. The number of nitrogens with one attached hydrogen (secondary N) is 2. The fraction of sp³-hybridized carbons (Fsp3) is 0.318. The number of rotatable bonds is 8. The first-order valence-electron chi connectivity index (χ1n) is 9.62. The second kappa shape index (κ2) is 9.78. The van der Waals surface area contributed by atoms with Gasteiger partial charge in [-0.25, -0.2) is 0 Å². The van der Waals surface area contributed by atoms with Gasteiger partial charge in [0.05, 0.1) is 26.7 Å². The number of methoxy groups -OCH3 is 2. The number of ether oxygens (including phenoxy) is 2. The van der Waals surface area contributed by atoms with Crippen LogP contribution in [-0.4, -0.2) is 45.0 Å². The van der Waals surface area contributed by atoms with Crippen LogP contribution in [0.1, 0.15) is 12.0 Å². The van der Waals surface area contributed by atoms with Gasteiger partial charge in [-0.2, -0.15) is 0 Å². The van der Waals surface area contributed by atoms with Crippen molar-refractivity contribution in [3.05, 3.63) is 54.1 Å². The molecular formula is C22H25N3O5. The van der Waals surface area contributed by atoms with Gasteiger partial charge in [0.25, 0.3) is 0 Å². The van der Waals surface area contributed by atoms with E-state index in [0.717, 1.165) is 5.56 Å². The minimum atomic E-state index is -0.521. The topological polar surface area (TPSA) is 97.0 Å². The molecule has 8 nitrogen and oxygen atoms in total. The van der Waals surface area contributed by atoms with E-state index < -0.39 is 5.92 Å². The van der Waals surface area contributed by atoms with Crippen molar-refractivity contribution in [2.75, 3.05) is 32.2 Å². The highest BCUT2D eigenvalue weighted by Gasteiger charge is 2.35. The minimum Gasteiger partial charge on any atom is -0.493 e. The lowest BCUT2D eigenvalue weighted by Crippen LogP contribution is -2.40. The molecule has 30 heavy (non-hydrogen) atoms. The quantitative estimate of drug-likeness (QED) is 0.686. The number of hydrogen-bond donors (Lipinski definition) is 2. The fourth-order valence-corrected chi connectivity index (χ4v) is 3.30. The van der Waals surface area contributed by atoms with Crippen molar-refractivity contribution >= 4 is 23.4 Å². The lowest BCUT2D eigenvalue weighted by atomic mass is 10.1. The third-order valence-electron chi connectivity index (χ3n) is 4.93. The molecule has 0 radical (unpaired) electrons. The first-order valence-corrected chi connectivity index (χ1v) is 9.62. The number of benzene rings is 2. The maximum Gasteiger partial charge on any atom is 0.239 e. The van der Waals surface area contributed by atoms with E-state index in [-0.39, 0.29) is 37.2 Å². The Hall–Kier alpha value is -3.55. The van der Waals surface area contributed by atoms with Crippen molar-refractivity contribution in [1.82, 2.24) is 10.6 Å². The molecule has 1 aliphatic rings. The van der Waals surface area contributed by atoms with Crippen molar-refractivity contribution in [2.45, 2.75) is 13.0 Å². The fourth-order valence-electron chi connectivity index (χ4n) is 3.30. The summed E-state index contributed by atoms with van der Waals surface area (Å²) in [6.07, 6.45) is 0.0891. The van der Waals surface area contributed by atoms with E-state index in [4.69, 9.17) is 9.47 Å². The normalized spacial score (nSPS) is 15.6. The Bertz CT molecular complexity index is 916. The summed E-state index contributed by atoms with van der Waals surface area (Å²) in [5, 5.41) is 5.37. The second-order valence-corrected chi connectivity index (χ2v) is 6.92. The van der Waals surface area contributed by atoms with E-state index in [9.17, 15) is 14.4 Å². The molecule has 158 valence electrons. The minimum absolute atomic E-state index is 0.0891. The van der Waals surface area contributed by atoms with Gasteiger partial charge in [0.1, 0.15) is 0 Å². The largest absolute Gasteiger partial charge is 0.493 e. The van der Waals surface area contributed by atoms with Gasteiger partial charge in [0.15, 0.2) is 11.5 Å². The van der Waals surface area contributed by atoms with Crippen LogP contribution in [0.4, 0.5) is 5.69 Å². The molecule has 0 saturated carbocycles. The third-order valence-corrected chi connectivity index (χ3v) is 4.93. The predicted octanol–water partition coefficient (Wildman–Crippen LogP) is 1.49. The van der Waals surface area contributed by atoms with Gasteiger partial charge in [-0.15, -0.1) is 0 Å². The molecule has 0 aliphatic carbocycles. The van der Waals surface area contributed by atoms with Crippen molar-refractivity contribution in [2.24, 2.45) is 5.92 Å². The summed E-state index contributed by atoms with van der Waals surface area (Å²) in [4.78, 5) is 38.4. The van der Waals surface area contributed by atoms with Crippen LogP contribution < -0.4 is 25.0 Å². The molecule has 1 fully saturated rings. The molecule has 0 aromatic heterocycles. The van der Waals surface area contributed by atoms with Crippen LogP contribution in [0.2, 0.25) is 0 Å². The molecule has 0 bridgehead atoms. The number of nitrogens with zero attached hydrogens (tertiary/aromatic N) is 1. The van der Waals surface area contributed by atoms with Gasteiger partial charge in [-0.05, 0) is 17.7 Å². The number of hydrogen-bond acceptors (Lipinski definition) is 5. The average Bonchev–Trinajstić information content (AvgIpc) is 3.17. The van der Waals surface area contributed by atoms with Crippen LogP contribution in [0, 0.1) is 5.92 Å². The van der Waals surface area contributed by atoms with Crippen molar-refractivity contribution in [1.29, 1.82) is 0 Å². The Morgan fingerprint density at radius 2 is 1.77 bits per heavy atom. The van der Waals surface area contributed by atoms with Crippen LogP contribution in [0.25, 0.3) is 0 Å². The molecule has 2 aromatic carbocycles. The van der Waals surface area contributed by atoms with Crippen LogP contribution in [0.5, 0.6) is 11.5 Å². The summed E-state index contributed by atoms with van der Waals surface area (Å²) in [6, 6.07) is 14.7. The molecule has 2 aromatic rings. The zero-order valence-corrected chi connectivity index (χ0v) is 17.0. The van der Waals surface area contributed by atoms with Crippen LogP contribution >= 0.6 is 0 Å². The van der Waals surface area contributed by atoms with Gasteiger partial charge >= 0.3 is 0 Å². The predicted molar refractivity (Wildman–Crippen MR) is 111 cm³/mol. The maximum atomic E-state index is 12.5. The first kappa shape index (κ1) is 21.2. The molecule has 1 atom stereocenters. The Morgan fingerprint density at radius 3 is 2.47 bits per heavy atom. The molecule has 3 amide bonds. The molecule has 1 aliphatic heterocycles. The Labute approximate surface area is 175 Å². The summed E-state index contributed by atoms with van der Waals surface area (Å²) < 4.78 is 10.5. The average molecular weight is 411 g/mol. The van der Waals surface area contributed by atoms with Crippen molar-refractivity contribution < 1.29 is 23.9 Å². The second-order valence-electron chi connectivity index (χ2n) is 6.92. The summed E-state index contributed by atoms with van der Waals surface area (Å²) in [5.74, 6) is -0.215. The summed E-state index contributed by atoms with van der Waals surface area (Å²) >= 11 is 0. The molecule has 8 heteroatoms. The lowest BCUT2D eigenvalue weighted by molar-refractivity contribution is -0.129. The first-order chi connectivity index (χ1) is 14.5. The van der Waals surface area contributed by atoms with E-state index in [1.54, 1.807) is 23.1 Å². The molecule has 3 rings (SSSR count). The molecule has 2 N–H and O–H groups in total. The van der Waals surface area contributed by atoms with Gasteiger partial charge in [0.2, 0.25) is 17.7 Å². The Kier molecular flexibility index (Phi) is 6.90. The summed E-state index contributed by atoms with van der Waals surface area (Å²) in [5.41, 5.74) is 1.61. The molecule has 0 spiro atoms. The van der Waals surface area contributed by atoms with E-state index in [1.165, 1.54) is 14.2 Å². The summed E-state index contributed by atoms with van der Waals surface area (Å²) in [6.45, 7) is 0.503. The van der Waals surface area contributed by atoms with Crippen LogP contribution in [0.15, 0.2) is 48.5 Å². The standard InChI is InChI=1S/C22H25N3O5/c1-29-18-9-8-17(11-19(18)30-2)25-14-16(10-21(25)27)22(28)24-13-20(26)23-12-15-6-4-3-5-7-15/h3-9,11,16H,10,12-14H2,1-2H3,(H,23,26)(H,24,28). The van der Waals surface area contributed by atoms with Gasteiger partial charge < -0.3 is 25.0 Å². The van der Waals surface area contributed by atoms with Crippen LogP contribution in [-0.2, 0) is 20.9 Å². The van der Waals surface area contributed by atoms with E-state index in [0.29, 0.717) is 23.7 Å². The maximum absolute atomic E-state index is 12.5. The smallest absolute Gasteiger partial charge is 0.239 e. The number of carbonyl (C=O) groups excluding carboxylic acids is 3. The van der Waals surface area contributed by atoms with Gasteiger partial charge in [-0.1, -0.05) is 30.3 Å².